The summed E-state index contributed by atoms with van der Waals surface area (Å²) in [6.07, 6.45) is 0. The van der Waals surface area contributed by atoms with Gasteiger partial charge in [0.15, 0.2) is 11.5 Å². The Kier molecular flexibility index (Phi) is 6.71. The van der Waals surface area contributed by atoms with E-state index in [1.165, 1.54) is 4.31 Å². The van der Waals surface area contributed by atoms with E-state index in [1.54, 1.807) is 59.1 Å². The van der Waals surface area contributed by atoms with Gasteiger partial charge in [0.2, 0.25) is 22.7 Å². The molecule has 8 nitrogen and oxygen atoms in total. The molecular formula is C23H30N2O6S. The lowest BCUT2D eigenvalue weighted by atomic mass is 10.0. The lowest BCUT2D eigenvalue weighted by Crippen LogP contribution is -2.50. The summed E-state index contributed by atoms with van der Waals surface area (Å²) in [6.45, 7) is 8.88. The van der Waals surface area contributed by atoms with Crippen LogP contribution in [0.5, 0.6) is 17.2 Å². The number of aryl methyl sites for hydroxylation is 1. The van der Waals surface area contributed by atoms with E-state index in [-0.39, 0.29) is 24.2 Å². The van der Waals surface area contributed by atoms with E-state index >= 15 is 0 Å². The minimum atomic E-state index is -4.11. The van der Waals surface area contributed by atoms with Crippen molar-refractivity contribution in [1.29, 1.82) is 0 Å². The molecule has 32 heavy (non-hydrogen) atoms. The largest absolute Gasteiger partial charge is 0.496 e. The van der Waals surface area contributed by atoms with Gasteiger partial charge in [0.05, 0.1) is 12.0 Å². The Balaban J connectivity index is 2.17. The van der Waals surface area contributed by atoms with Gasteiger partial charge < -0.3 is 19.9 Å². The fraction of sp³-hybridized carbons (Fsp3) is 0.435. The molecule has 0 saturated carbocycles. The molecule has 174 valence electrons. The van der Waals surface area contributed by atoms with Gasteiger partial charge >= 0.3 is 0 Å². The van der Waals surface area contributed by atoms with Crippen molar-refractivity contribution in [3.8, 4) is 17.2 Å². The van der Waals surface area contributed by atoms with Gasteiger partial charge in [-0.3, -0.25) is 4.79 Å². The number of fused-ring (bicyclic) bond motifs is 1. The van der Waals surface area contributed by atoms with Crippen LogP contribution in [0.4, 0.5) is 0 Å². The SMILES string of the molecule is COc1cc(C)c(S(=O)(=O)N(Cc2ccc3c(c2)OCO3)C(C(N)=O)C(C)C)c(C)c1C. The van der Waals surface area contributed by atoms with E-state index in [9.17, 15) is 13.2 Å². The predicted molar refractivity (Wildman–Crippen MR) is 120 cm³/mol. The molecule has 0 bridgehead atoms. The Morgan fingerprint density at radius 2 is 1.78 bits per heavy atom. The number of rotatable bonds is 8. The molecule has 3 rings (SSSR count). The number of carbonyl (C=O) groups excluding carboxylic acids is 1. The van der Waals surface area contributed by atoms with Crippen LogP contribution < -0.4 is 19.9 Å². The predicted octanol–water partition coefficient (Wildman–Crippen LogP) is 3.05. The van der Waals surface area contributed by atoms with Crippen molar-refractivity contribution in [2.24, 2.45) is 11.7 Å². The lowest BCUT2D eigenvalue weighted by Gasteiger charge is -2.32. The van der Waals surface area contributed by atoms with Gasteiger partial charge in [-0.05, 0) is 67.1 Å². The molecule has 1 heterocycles. The quantitative estimate of drug-likeness (QED) is 0.646. The first-order valence-corrected chi connectivity index (χ1v) is 11.8. The smallest absolute Gasteiger partial charge is 0.244 e. The number of amides is 1. The van der Waals surface area contributed by atoms with Crippen molar-refractivity contribution in [1.82, 2.24) is 4.31 Å². The second kappa shape index (κ2) is 8.99. The second-order valence-corrected chi connectivity index (χ2v) is 10.1. The number of carbonyl (C=O) groups is 1. The summed E-state index contributed by atoms with van der Waals surface area (Å²) in [5.74, 6) is 0.696. The maximum atomic E-state index is 14.0. The molecule has 1 aliphatic heterocycles. The Labute approximate surface area is 189 Å². The Bertz CT molecular complexity index is 1140. The number of benzene rings is 2. The zero-order valence-corrected chi connectivity index (χ0v) is 20.1. The number of nitrogens with two attached hydrogens (primary N) is 1. The number of methoxy groups -OCH3 is 1. The van der Waals surface area contributed by atoms with Crippen LogP contribution in [0.15, 0.2) is 29.2 Å². The van der Waals surface area contributed by atoms with Crippen LogP contribution in [-0.4, -0.2) is 38.6 Å². The Morgan fingerprint density at radius 3 is 2.38 bits per heavy atom. The van der Waals surface area contributed by atoms with Crippen LogP contribution in [0.2, 0.25) is 0 Å². The van der Waals surface area contributed by atoms with Gasteiger partial charge in [0, 0.05) is 6.54 Å². The van der Waals surface area contributed by atoms with Gasteiger partial charge in [-0.15, -0.1) is 0 Å². The minimum Gasteiger partial charge on any atom is -0.496 e. The van der Waals surface area contributed by atoms with Gasteiger partial charge in [0.1, 0.15) is 11.8 Å². The maximum absolute atomic E-state index is 14.0. The van der Waals surface area contributed by atoms with Gasteiger partial charge in [0.25, 0.3) is 0 Å². The van der Waals surface area contributed by atoms with Crippen LogP contribution >= 0.6 is 0 Å². The third-order valence-electron chi connectivity index (χ3n) is 5.77. The lowest BCUT2D eigenvalue weighted by molar-refractivity contribution is -0.123. The minimum absolute atomic E-state index is 0.0469. The second-order valence-electron chi connectivity index (χ2n) is 8.30. The van der Waals surface area contributed by atoms with Crippen LogP contribution in [0, 0.1) is 26.7 Å². The topological polar surface area (TPSA) is 108 Å². The molecule has 2 N–H and O–H groups in total. The highest BCUT2D eigenvalue weighted by molar-refractivity contribution is 7.89. The molecule has 0 saturated heterocycles. The zero-order valence-electron chi connectivity index (χ0n) is 19.3. The molecule has 2 aromatic rings. The molecule has 2 aromatic carbocycles. The molecule has 0 spiro atoms. The summed E-state index contributed by atoms with van der Waals surface area (Å²) in [5, 5.41) is 0. The van der Waals surface area contributed by atoms with Gasteiger partial charge in [-0.1, -0.05) is 19.9 Å². The molecule has 0 radical (unpaired) electrons. The molecule has 0 fully saturated rings. The van der Waals surface area contributed by atoms with E-state index in [1.807, 2.05) is 6.92 Å². The fourth-order valence-electron chi connectivity index (χ4n) is 4.10. The summed E-state index contributed by atoms with van der Waals surface area (Å²) in [7, 11) is -2.56. The zero-order chi connectivity index (χ0) is 23.8. The number of hydrogen-bond donors (Lipinski definition) is 1. The van der Waals surface area contributed by atoms with Crippen LogP contribution in [0.1, 0.15) is 36.1 Å². The average Bonchev–Trinajstić information content (AvgIpc) is 3.17. The Morgan fingerprint density at radius 1 is 1.12 bits per heavy atom. The van der Waals surface area contributed by atoms with Crippen molar-refractivity contribution < 1.29 is 27.4 Å². The van der Waals surface area contributed by atoms with Crippen molar-refractivity contribution in [3.63, 3.8) is 0 Å². The molecule has 1 unspecified atom stereocenters. The molecule has 1 aliphatic rings. The van der Waals surface area contributed by atoms with Crippen molar-refractivity contribution in [3.05, 3.63) is 46.5 Å². The van der Waals surface area contributed by atoms with E-state index in [0.717, 1.165) is 5.56 Å². The summed E-state index contributed by atoms with van der Waals surface area (Å²) < 4.78 is 45.4. The van der Waals surface area contributed by atoms with E-state index in [0.29, 0.717) is 33.9 Å². The first-order valence-electron chi connectivity index (χ1n) is 10.3. The highest BCUT2D eigenvalue weighted by atomic mass is 32.2. The van der Waals surface area contributed by atoms with Crippen LogP contribution in [0.3, 0.4) is 0 Å². The molecule has 1 amide bonds. The third-order valence-corrected chi connectivity index (χ3v) is 7.89. The van der Waals surface area contributed by atoms with Crippen molar-refractivity contribution >= 4 is 15.9 Å². The number of hydrogen-bond acceptors (Lipinski definition) is 6. The highest BCUT2D eigenvalue weighted by Crippen LogP contribution is 2.36. The maximum Gasteiger partial charge on any atom is 0.244 e. The monoisotopic (exact) mass is 462 g/mol. The summed E-state index contributed by atoms with van der Waals surface area (Å²) in [4.78, 5) is 12.6. The number of nitrogens with zero attached hydrogens (tertiary/aromatic N) is 1. The molecule has 9 heteroatoms. The van der Waals surface area contributed by atoms with Crippen molar-refractivity contribution in [2.75, 3.05) is 13.9 Å². The molecular weight excluding hydrogens is 432 g/mol. The molecule has 0 aromatic heterocycles. The van der Waals surface area contributed by atoms with E-state index < -0.39 is 22.0 Å². The molecule has 0 aliphatic carbocycles. The number of sulfonamides is 1. The summed E-state index contributed by atoms with van der Waals surface area (Å²) in [5.41, 5.74) is 8.19. The van der Waals surface area contributed by atoms with Crippen LogP contribution in [-0.2, 0) is 21.4 Å². The van der Waals surface area contributed by atoms with Gasteiger partial charge in [-0.2, -0.15) is 4.31 Å². The van der Waals surface area contributed by atoms with Crippen LogP contribution in [0.25, 0.3) is 0 Å². The third kappa shape index (κ3) is 4.27. The Hall–Kier alpha value is -2.78. The first kappa shape index (κ1) is 23.9. The summed E-state index contributed by atoms with van der Waals surface area (Å²) in [6, 6.07) is 5.87. The highest BCUT2D eigenvalue weighted by Gasteiger charge is 2.39. The van der Waals surface area contributed by atoms with E-state index in [4.69, 9.17) is 19.9 Å². The van der Waals surface area contributed by atoms with Crippen molar-refractivity contribution in [2.45, 2.75) is 52.1 Å². The summed E-state index contributed by atoms with van der Waals surface area (Å²) >= 11 is 0. The fourth-order valence-corrected chi connectivity index (χ4v) is 6.31. The van der Waals surface area contributed by atoms with Gasteiger partial charge in [-0.25, -0.2) is 8.42 Å². The number of ether oxygens (including phenoxy) is 3. The first-order chi connectivity index (χ1) is 15.0. The van der Waals surface area contributed by atoms with E-state index in [2.05, 4.69) is 0 Å². The standard InChI is InChI=1S/C23H30N2O6S/c1-13(2)21(23(24)26)25(11-17-7-8-18-20(10-17)31-12-30-18)32(27,28)22-14(3)9-19(29-6)15(4)16(22)5/h7-10,13,21H,11-12H2,1-6H3,(H2,24,26). The molecule has 1 atom stereocenters. The normalized spacial score (nSPS) is 14.1. The number of primary amides is 1. The average molecular weight is 463 g/mol.